The molecular formula is C12H14ClNO4S. The van der Waals surface area contributed by atoms with Gasteiger partial charge in [0.05, 0.1) is 10.5 Å². The summed E-state index contributed by atoms with van der Waals surface area (Å²) in [6.45, 7) is 6.77. The number of benzene rings is 1. The van der Waals surface area contributed by atoms with E-state index < -0.39 is 16.0 Å². The zero-order valence-corrected chi connectivity index (χ0v) is 12.1. The molecule has 0 spiro atoms. The third-order valence-corrected chi connectivity index (χ3v) is 4.15. The lowest BCUT2D eigenvalue weighted by Gasteiger charge is -2.11. The fourth-order valence-corrected chi connectivity index (χ4v) is 3.12. The first-order chi connectivity index (χ1) is 8.65. The van der Waals surface area contributed by atoms with Crippen LogP contribution < -0.4 is 4.72 Å². The van der Waals surface area contributed by atoms with Gasteiger partial charge in [-0.15, -0.1) is 0 Å². The van der Waals surface area contributed by atoms with E-state index in [4.69, 9.17) is 16.7 Å². The minimum absolute atomic E-state index is 0.0544. The van der Waals surface area contributed by atoms with Crippen molar-refractivity contribution in [2.45, 2.75) is 18.7 Å². The largest absolute Gasteiger partial charge is 0.478 e. The van der Waals surface area contributed by atoms with Gasteiger partial charge in [0.25, 0.3) is 0 Å². The molecule has 0 aliphatic rings. The topological polar surface area (TPSA) is 83.5 Å². The van der Waals surface area contributed by atoms with E-state index in [1.807, 2.05) is 0 Å². The van der Waals surface area contributed by atoms with E-state index in [1.165, 1.54) is 19.1 Å². The predicted octanol–water partition coefficient (Wildman–Crippen LogP) is 2.20. The van der Waals surface area contributed by atoms with Gasteiger partial charge in [0.2, 0.25) is 10.0 Å². The normalized spacial score (nSPS) is 11.3. The molecule has 1 aromatic carbocycles. The van der Waals surface area contributed by atoms with E-state index in [1.54, 1.807) is 6.92 Å². The van der Waals surface area contributed by atoms with Gasteiger partial charge < -0.3 is 5.11 Å². The van der Waals surface area contributed by atoms with E-state index in [9.17, 15) is 13.2 Å². The highest BCUT2D eigenvalue weighted by Gasteiger charge is 2.21. The standard InChI is InChI=1S/C12H14ClNO4S/c1-7(2)6-14-19(17,18)11-5-9(13)4-10(8(11)3)12(15)16/h4-5,14H,1,6H2,2-3H3,(H,15,16). The summed E-state index contributed by atoms with van der Waals surface area (Å²) in [6.07, 6.45) is 0. The van der Waals surface area contributed by atoms with Crippen molar-refractivity contribution in [1.82, 2.24) is 4.72 Å². The van der Waals surface area contributed by atoms with Crippen LogP contribution in [0.15, 0.2) is 29.2 Å². The van der Waals surface area contributed by atoms with Gasteiger partial charge in [0.15, 0.2) is 0 Å². The van der Waals surface area contributed by atoms with Gasteiger partial charge in [-0.2, -0.15) is 0 Å². The summed E-state index contributed by atoms with van der Waals surface area (Å²) in [5.41, 5.74) is 0.649. The number of carbonyl (C=O) groups is 1. The average molecular weight is 304 g/mol. The van der Waals surface area contributed by atoms with Crippen LogP contribution in [0.25, 0.3) is 0 Å². The molecule has 1 aromatic rings. The Hall–Kier alpha value is -1.37. The predicted molar refractivity (Wildman–Crippen MR) is 73.2 cm³/mol. The van der Waals surface area contributed by atoms with Crippen LogP contribution in [0, 0.1) is 6.92 Å². The van der Waals surface area contributed by atoms with Crippen LogP contribution in [-0.4, -0.2) is 26.0 Å². The van der Waals surface area contributed by atoms with Crippen molar-refractivity contribution >= 4 is 27.6 Å². The zero-order chi connectivity index (χ0) is 14.8. The first-order valence-electron chi connectivity index (χ1n) is 5.32. The first-order valence-corrected chi connectivity index (χ1v) is 7.18. The van der Waals surface area contributed by atoms with Crippen LogP contribution in [0.2, 0.25) is 5.02 Å². The molecule has 0 amide bonds. The van der Waals surface area contributed by atoms with Crippen molar-refractivity contribution in [3.63, 3.8) is 0 Å². The Labute approximate surface area is 117 Å². The van der Waals surface area contributed by atoms with E-state index in [0.29, 0.717) is 5.57 Å². The van der Waals surface area contributed by atoms with Crippen LogP contribution in [0.4, 0.5) is 0 Å². The number of aromatic carboxylic acids is 1. The summed E-state index contributed by atoms with van der Waals surface area (Å²) in [4.78, 5) is 10.9. The number of carboxylic acids is 1. The lowest BCUT2D eigenvalue weighted by atomic mass is 10.1. The molecule has 5 nitrogen and oxygen atoms in total. The summed E-state index contributed by atoms with van der Waals surface area (Å²) in [6, 6.07) is 2.45. The maximum absolute atomic E-state index is 12.1. The molecule has 104 valence electrons. The van der Waals surface area contributed by atoms with Gasteiger partial charge in [-0.3, -0.25) is 0 Å². The van der Waals surface area contributed by atoms with Gasteiger partial charge in [-0.1, -0.05) is 23.8 Å². The molecule has 0 unspecified atom stereocenters. The van der Waals surface area contributed by atoms with Crippen molar-refractivity contribution in [3.8, 4) is 0 Å². The highest BCUT2D eigenvalue weighted by atomic mass is 35.5. The molecule has 0 aromatic heterocycles. The second kappa shape index (κ2) is 5.73. The summed E-state index contributed by atoms with van der Waals surface area (Å²) < 4.78 is 26.5. The van der Waals surface area contributed by atoms with Gasteiger partial charge >= 0.3 is 5.97 Å². The molecule has 0 saturated heterocycles. The quantitative estimate of drug-likeness (QED) is 0.817. The number of carboxylic acid groups (broad SMARTS) is 1. The molecule has 7 heteroatoms. The highest BCUT2D eigenvalue weighted by Crippen LogP contribution is 2.24. The Kier molecular flexibility index (Phi) is 4.73. The number of halogens is 1. The van der Waals surface area contributed by atoms with Crippen molar-refractivity contribution in [2.24, 2.45) is 0 Å². The van der Waals surface area contributed by atoms with E-state index in [2.05, 4.69) is 11.3 Å². The third kappa shape index (κ3) is 3.79. The monoisotopic (exact) mass is 303 g/mol. The Balaban J connectivity index is 3.34. The molecule has 0 bridgehead atoms. The van der Waals surface area contributed by atoms with Gasteiger partial charge in [-0.25, -0.2) is 17.9 Å². The van der Waals surface area contributed by atoms with Crippen LogP contribution >= 0.6 is 11.6 Å². The SMILES string of the molecule is C=C(C)CNS(=O)(=O)c1cc(Cl)cc(C(=O)O)c1C. The number of nitrogens with one attached hydrogen (secondary N) is 1. The molecule has 0 saturated carbocycles. The minimum Gasteiger partial charge on any atom is -0.478 e. The average Bonchev–Trinajstić information content (AvgIpc) is 2.28. The smallest absolute Gasteiger partial charge is 0.336 e. The molecular weight excluding hydrogens is 290 g/mol. The molecule has 19 heavy (non-hydrogen) atoms. The number of sulfonamides is 1. The van der Waals surface area contributed by atoms with Gasteiger partial charge in [0.1, 0.15) is 0 Å². The Morgan fingerprint density at radius 3 is 2.53 bits per heavy atom. The van der Waals surface area contributed by atoms with Crippen LogP contribution in [0.3, 0.4) is 0 Å². The Bertz CT molecular complexity index is 637. The van der Waals surface area contributed by atoms with Crippen LogP contribution in [0.1, 0.15) is 22.8 Å². The highest BCUT2D eigenvalue weighted by molar-refractivity contribution is 7.89. The second-order valence-corrected chi connectivity index (χ2v) is 6.34. The van der Waals surface area contributed by atoms with Crippen LogP contribution in [-0.2, 0) is 10.0 Å². The molecule has 0 radical (unpaired) electrons. The number of rotatable bonds is 5. The first kappa shape index (κ1) is 15.7. The van der Waals surface area contributed by atoms with Crippen LogP contribution in [0.5, 0.6) is 0 Å². The van der Waals surface area contributed by atoms with Gasteiger partial charge in [0, 0.05) is 11.6 Å². The molecule has 0 fully saturated rings. The summed E-state index contributed by atoms with van der Waals surface area (Å²) in [5, 5.41) is 9.06. The second-order valence-electron chi connectivity index (χ2n) is 4.16. The number of hydrogen-bond acceptors (Lipinski definition) is 3. The molecule has 0 heterocycles. The minimum atomic E-state index is -3.82. The van der Waals surface area contributed by atoms with Crippen molar-refractivity contribution in [3.05, 3.63) is 40.4 Å². The maximum atomic E-state index is 12.1. The lowest BCUT2D eigenvalue weighted by Crippen LogP contribution is -2.26. The summed E-state index contributed by atoms with van der Waals surface area (Å²) >= 11 is 5.76. The summed E-state index contributed by atoms with van der Waals surface area (Å²) in [5.74, 6) is -1.23. The molecule has 0 atom stereocenters. The molecule has 0 aliphatic carbocycles. The van der Waals surface area contributed by atoms with Gasteiger partial charge in [-0.05, 0) is 31.5 Å². The number of hydrogen-bond donors (Lipinski definition) is 2. The third-order valence-electron chi connectivity index (χ3n) is 2.41. The summed E-state index contributed by atoms with van der Waals surface area (Å²) in [7, 11) is -3.82. The Morgan fingerprint density at radius 1 is 1.47 bits per heavy atom. The molecule has 2 N–H and O–H groups in total. The van der Waals surface area contributed by atoms with E-state index in [0.717, 1.165) is 0 Å². The fourth-order valence-electron chi connectivity index (χ4n) is 1.45. The van der Waals surface area contributed by atoms with Crippen molar-refractivity contribution in [2.75, 3.05) is 6.54 Å². The fraction of sp³-hybridized carbons (Fsp3) is 0.250. The zero-order valence-electron chi connectivity index (χ0n) is 10.5. The van der Waals surface area contributed by atoms with E-state index in [-0.39, 0.29) is 27.6 Å². The van der Waals surface area contributed by atoms with E-state index >= 15 is 0 Å². The Morgan fingerprint density at radius 2 is 2.05 bits per heavy atom. The maximum Gasteiger partial charge on any atom is 0.336 e. The molecule has 1 rings (SSSR count). The van der Waals surface area contributed by atoms with Crippen molar-refractivity contribution < 1.29 is 18.3 Å². The molecule has 0 aliphatic heterocycles. The lowest BCUT2D eigenvalue weighted by molar-refractivity contribution is 0.0696. The van der Waals surface area contributed by atoms with Crippen molar-refractivity contribution in [1.29, 1.82) is 0 Å².